The van der Waals surface area contributed by atoms with Crippen molar-refractivity contribution in [3.63, 3.8) is 0 Å². The lowest BCUT2D eigenvalue weighted by Gasteiger charge is -2.45. The lowest BCUT2D eigenvalue weighted by atomic mass is 9.57. The Labute approximate surface area is 157 Å². The van der Waals surface area contributed by atoms with E-state index >= 15 is 0 Å². The molecule has 5 nitrogen and oxygen atoms in total. The highest BCUT2D eigenvalue weighted by molar-refractivity contribution is 9.10. The standard InChI is InChI=1S/C18H19BrF2O5/c1-3-17(15(23)24)6-11(9(2)18(7-17,8-22)16(25)26)10-4-12(20)14(19)13(21)5-10/h4-6,9,22H,3,7-8H2,1-2H3,(H,23,24)(H,25,26). The zero-order valence-electron chi connectivity index (χ0n) is 14.2. The molecule has 3 unspecified atom stereocenters. The molecule has 8 heteroatoms. The van der Waals surface area contributed by atoms with Gasteiger partial charge in [-0.15, -0.1) is 0 Å². The summed E-state index contributed by atoms with van der Waals surface area (Å²) in [6.07, 6.45) is 1.12. The first kappa shape index (κ1) is 20.5. The first-order valence-corrected chi connectivity index (χ1v) is 8.79. The average molecular weight is 433 g/mol. The van der Waals surface area contributed by atoms with Gasteiger partial charge in [-0.05, 0) is 58.0 Å². The molecule has 3 N–H and O–H groups in total. The van der Waals surface area contributed by atoms with Gasteiger partial charge in [0.2, 0.25) is 0 Å². The lowest BCUT2D eigenvalue weighted by Crippen LogP contribution is -2.50. The maximum absolute atomic E-state index is 14.0. The third kappa shape index (κ3) is 3.05. The highest BCUT2D eigenvalue weighted by atomic mass is 79.9. The van der Waals surface area contributed by atoms with Gasteiger partial charge in [0.15, 0.2) is 0 Å². The molecule has 2 rings (SSSR count). The minimum Gasteiger partial charge on any atom is -0.481 e. The van der Waals surface area contributed by atoms with E-state index in [0.717, 1.165) is 12.1 Å². The number of benzene rings is 1. The van der Waals surface area contributed by atoms with Gasteiger partial charge in [0.05, 0.1) is 21.9 Å². The van der Waals surface area contributed by atoms with Crippen molar-refractivity contribution >= 4 is 33.4 Å². The van der Waals surface area contributed by atoms with E-state index < -0.39 is 46.9 Å². The average Bonchev–Trinajstić information content (AvgIpc) is 2.59. The number of rotatable bonds is 5. The number of carbonyl (C=O) groups is 2. The third-order valence-electron chi connectivity index (χ3n) is 5.44. The topological polar surface area (TPSA) is 94.8 Å². The largest absolute Gasteiger partial charge is 0.481 e. The maximum atomic E-state index is 14.0. The van der Waals surface area contributed by atoms with E-state index in [2.05, 4.69) is 15.9 Å². The molecule has 0 bridgehead atoms. The highest BCUT2D eigenvalue weighted by Gasteiger charge is 2.55. The quantitative estimate of drug-likeness (QED) is 0.616. The third-order valence-corrected chi connectivity index (χ3v) is 6.20. The molecule has 0 heterocycles. The number of carboxylic acid groups (broad SMARTS) is 2. The molecule has 0 amide bonds. The Bertz CT molecular complexity index is 771. The zero-order valence-corrected chi connectivity index (χ0v) is 15.8. The summed E-state index contributed by atoms with van der Waals surface area (Å²) in [4.78, 5) is 23.9. The van der Waals surface area contributed by atoms with E-state index in [4.69, 9.17) is 0 Å². The summed E-state index contributed by atoms with van der Waals surface area (Å²) in [5, 5.41) is 29.3. The molecule has 1 aromatic rings. The highest BCUT2D eigenvalue weighted by Crippen LogP contribution is 2.53. The number of hydrogen-bond donors (Lipinski definition) is 3. The number of aliphatic hydroxyl groups excluding tert-OH is 1. The van der Waals surface area contributed by atoms with E-state index in [1.807, 2.05) is 0 Å². The van der Waals surface area contributed by atoms with Crippen LogP contribution in [-0.4, -0.2) is 33.9 Å². The van der Waals surface area contributed by atoms with E-state index in [9.17, 15) is 33.7 Å². The molecule has 1 aliphatic carbocycles. The zero-order chi connectivity index (χ0) is 19.9. The summed E-state index contributed by atoms with van der Waals surface area (Å²) in [7, 11) is 0. The van der Waals surface area contributed by atoms with Gasteiger partial charge in [-0.2, -0.15) is 0 Å². The van der Waals surface area contributed by atoms with Crippen LogP contribution in [0.3, 0.4) is 0 Å². The molecular formula is C18H19BrF2O5. The van der Waals surface area contributed by atoms with Gasteiger partial charge in [0, 0.05) is 0 Å². The van der Waals surface area contributed by atoms with Crippen molar-refractivity contribution in [2.45, 2.75) is 26.7 Å². The summed E-state index contributed by atoms with van der Waals surface area (Å²) in [5.74, 6) is -5.23. The number of halogens is 3. The molecule has 0 fully saturated rings. The predicted octanol–water partition coefficient (Wildman–Crippen LogP) is 3.69. The van der Waals surface area contributed by atoms with Crippen molar-refractivity contribution in [1.82, 2.24) is 0 Å². The van der Waals surface area contributed by atoms with Crippen LogP contribution in [0.4, 0.5) is 8.78 Å². The Morgan fingerprint density at radius 1 is 1.23 bits per heavy atom. The van der Waals surface area contributed by atoms with Gasteiger partial charge in [-0.1, -0.05) is 19.9 Å². The van der Waals surface area contributed by atoms with E-state index in [0.29, 0.717) is 0 Å². The van der Waals surface area contributed by atoms with Crippen molar-refractivity contribution in [1.29, 1.82) is 0 Å². The van der Waals surface area contributed by atoms with Crippen LogP contribution in [0, 0.1) is 28.4 Å². The van der Waals surface area contributed by atoms with Crippen LogP contribution in [0.15, 0.2) is 22.7 Å². The van der Waals surface area contributed by atoms with Crippen LogP contribution in [0.1, 0.15) is 32.3 Å². The molecule has 0 saturated heterocycles. The number of allylic oxidation sites excluding steroid dienone is 1. The van der Waals surface area contributed by atoms with Crippen LogP contribution in [0.2, 0.25) is 0 Å². The van der Waals surface area contributed by atoms with Crippen LogP contribution in [0.5, 0.6) is 0 Å². The molecule has 0 aliphatic heterocycles. The molecule has 26 heavy (non-hydrogen) atoms. The maximum Gasteiger partial charge on any atom is 0.313 e. The second kappa shape index (κ2) is 7.08. The molecule has 1 aromatic carbocycles. The second-order valence-electron chi connectivity index (χ2n) is 6.69. The summed E-state index contributed by atoms with van der Waals surface area (Å²) < 4.78 is 27.6. The Morgan fingerprint density at radius 2 is 1.77 bits per heavy atom. The van der Waals surface area contributed by atoms with Gasteiger partial charge < -0.3 is 15.3 Å². The normalized spacial score (nSPS) is 28.5. The fraction of sp³-hybridized carbons (Fsp3) is 0.444. The number of aliphatic carboxylic acids is 2. The first-order valence-electron chi connectivity index (χ1n) is 8.00. The van der Waals surface area contributed by atoms with Crippen molar-refractivity contribution < 1.29 is 33.7 Å². The number of hydrogen-bond acceptors (Lipinski definition) is 3. The van der Waals surface area contributed by atoms with Gasteiger partial charge in [-0.3, -0.25) is 9.59 Å². The first-order chi connectivity index (χ1) is 12.0. The molecule has 1 aliphatic rings. The molecule has 3 atom stereocenters. The van der Waals surface area contributed by atoms with Crippen LogP contribution < -0.4 is 0 Å². The van der Waals surface area contributed by atoms with Crippen LogP contribution >= 0.6 is 15.9 Å². The SMILES string of the molecule is CCC1(C(=O)O)C=C(c2cc(F)c(Br)c(F)c2)C(C)C(CO)(C(=O)O)C1. The monoisotopic (exact) mass is 432 g/mol. The number of carboxylic acids is 2. The van der Waals surface area contributed by atoms with E-state index in [-0.39, 0.29) is 28.5 Å². The predicted molar refractivity (Wildman–Crippen MR) is 93.3 cm³/mol. The molecule has 0 aromatic heterocycles. The molecule has 0 spiro atoms. The summed E-state index contributed by atoms with van der Waals surface area (Å²) in [6, 6.07) is 2.04. The van der Waals surface area contributed by atoms with E-state index in [1.54, 1.807) is 6.92 Å². The molecule has 0 saturated carbocycles. The van der Waals surface area contributed by atoms with Crippen molar-refractivity contribution in [2.75, 3.05) is 6.61 Å². The molecule has 142 valence electrons. The number of aliphatic hydroxyl groups is 1. The smallest absolute Gasteiger partial charge is 0.313 e. The van der Waals surface area contributed by atoms with Gasteiger partial charge in [-0.25, -0.2) is 8.78 Å². The molecular weight excluding hydrogens is 414 g/mol. The van der Waals surface area contributed by atoms with Gasteiger partial charge >= 0.3 is 11.9 Å². The van der Waals surface area contributed by atoms with Crippen molar-refractivity contribution in [3.05, 3.63) is 39.9 Å². The van der Waals surface area contributed by atoms with E-state index in [1.165, 1.54) is 13.0 Å². The van der Waals surface area contributed by atoms with Crippen LogP contribution in [-0.2, 0) is 9.59 Å². The Hall–Kier alpha value is -1.80. The van der Waals surface area contributed by atoms with Crippen molar-refractivity contribution in [2.24, 2.45) is 16.7 Å². The second-order valence-corrected chi connectivity index (χ2v) is 7.48. The molecule has 0 radical (unpaired) electrons. The van der Waals surface area contributed by atoms with Crippen molar-refractivity contribution in [3.8, 4) is 0 Å². The Balaban J connectivity index is 2.80. The fourth-order valence-corrected chi connectivity index (χ4v) is 3.81. The Kier molecular flexibility index (Phi) is 5.58. The summed E-state index contributed by atoms with van der Waals surface area (Å²) in [6.45, 7) is 2.30. The van der Waals surface area contributed by atoms with Gasteiger partial charge in [0.1, 0.15) is 11.6 Å². The fourth-order valence-electron chi connectivity index (χ4n) is 3.58. The minimum atomic E-state index is -1.78. The van der Waals surface area contributed by atoms with Crippen LogP contribution in [0.25, 0.3) is 5.57 Å². The van der Waals surface area contributed by atoms with Gasteiger partial charge in [0.25, 0.3) is 0 Å². The lowest BCUT2D eigenvalue weighted by molar-refractivity contribution is -0.162. The summed E-state index contributed by atoms with van der Waals surface area (Å²) >= 11 is 2.77. The summed E-state index contributed by atoms with van der Waals surface area (Å²) in [5.41, 5.74) is -3.11. The Morgan fingerprint density at radius 3 is 2.15 bits per heavy atom. The minimum absolute atomic E-state index is 0.0496.